The van der Waals surface area contributed by atoms with Crippen LogP contribution in [0.3, 0.4) is 0 Å². The van der Waals surface area contributed by atoms with Crippen molar-refractivity contribution in [1.82, 2.24) is 20.2 Å². The van der Waals surface area contributed by atoms with Crippen molar-refractivity contribution in [2.75, 3.05) is 19.6 Å². The van der Waals surface area contributed by atoms with E-state index in [1.807, 2.05) is 0 Å². The van der Waals surface area contributed by atoms with Crippen LogP contribution >= 0.6 is 11.6 Å². The molecule has 0 aliphatic carbocycles. The lowest BCUT2D eigenvalue weighted by Crippen LogP contribution is -2.53. The number of carbonyl (C=O) groups is 1. The first-order valence-corrected chi connectivity index (χ1v) is 7.76. The molecule has 7 heteroatoms. The van der Waals surface area contributed by atoms with Crippen LogP contribution in [-0.2, 0) is 4.79 Å². The molecule has 3 heterocycles. The van der Waals surface area contributed by atoms with E-state index >= 15 is 0 Å². The number of hydrogen-bond acceptors (Lipinski definition) is 5. The predicted molar refractivity (Wildman–Crippen MR) is 78.3 cm³/mol. The van der Waals surface area contributed by atoms with E-state index in [2.05, 4.69) is 20.2 Å². The second-order valence-corrected chi connectivity index (χ2v) is 5.92. The van der Waals surface area contributed by atoms with Crippen LogP contribution < -0.4 is 10.1 Å². The fourth-order valence-corrected chi connectivity index (χ4v) is 3.02. The Labute approximate surface area is 128 Å². The fourth-order valence-electron chi connectivity index (χ4n) is 2.92. The lowest BCUT2D eigenvalue weighted by molar-refractivity contribution is -0.129. The van der Waals surface area contributed by atoms with Gasteiger partial charge in [0.05, 0.1) is 23.5 Å². The topological polar surface area (TPSA) is 67.4 Å². The summed E-state index contributed by atoms with van der Waals surface area (Å²) in [7, 11) is 0. The van der Waals surface area contributed by atoms with E-state index in [-0.39, 0.29) is 18.1 Å². The van der Waals surface area contributed by atoms with Crippen LogP contribution in [0, 0.1) is 0 Å². The van der Waals surface area contributed by atoms with Gasteiger partial charge in [-0.25, -0.2) is 9.97 Å². The van der Waals surface area contributed by atoms with Crippen molar-refractivity contribution in [2.45, 2.75) is 37.8 Å². The third kappa shape index (κ3) is 3.63. The van der Waals surface area contributed by atoms with Gasteiger partial charge in [0.2, 0.25) is 5.91 Å². The molecule has 114 valence electrons. The molecular formula is C14H19ClN4O2. The van der Waals surface area contributed by atoms with Crippen molar-refractivity contribution in [2.24, 2.45) is 0 Å². The van der Waals surface area contributed by atoms with Gasteiger partial charge < -0.3 is 10.1 Å². The van der Waals surface area contributed by atoms with Crippen LogP contribution in [0.4, 0.5) is 0 Å². The average Bonchev–Trinajstić information content (AvgIpc) is 2.51. The van der Waals surface area contributed by atoms with E-state index in [0.29, 0.717) is 11.0 Å². The lowest BCUT2D eigenvalue weighted by Gasteiger charge is -2.38. The molecule has 0 radical (unpaired) electrons. The zero-order chi connectivity index (χ0) is 14.7. The molecular weight excluding hydrogens is 292 g/mol. The molecule has 2 aliphatic rings. The quantitative estimate of drug-likeness (QED) is 0.910. The Bertz CT molecular complexity index is 488. The summed E-state index contributed by atoms with van der Waals surface area (Å²) in [6.45, 7) is 2.55. The van der Waals surface area contributed by atoms with Gasteiger partial charge in [0.1, 0.15) is 6.10 Å². The van der Waals surface area contributed by atoms with Gasteiger partial charge in [0.15, 0.2) is 0 Å². The highest BCUT2D eigenvalue weighted by Gasteiger charge is 2.31. The molecule has 3 rings (SSSR count). The van der Waals surface area contributed by atoms with E-state index in [1.165, 1.54) is 12.4 Å². The van der Waals surface area contributed by atoms with Crippen molar-refractivity contribution in [3.05, 3.63) is 17.4 Å². The summed E-state index contributed by atoms with van der Waals surface area (Å²) in [6.07, 6.45) is 6.96. The van der Waals surface area contributed by atoms with Gasteiger partial charge in [-0.2, -0.15) is 0 Å². The number of halogens is 1. The number of nitrogens with zero attached hydrogens (tertiary/aromatic N) is 3. The first kappa shape index (κ1) is 14.5. The summed E-state index contributed by atoms with van der Waals surface area (Å²) in [5.41, 5.74) is 0. The van der Waals surface area contributed by atoms with Crippen LogP contribution in [0.2, 0.25) is 5.02 Å². The van der Waals surface area contributed by atoms with E-state index < -0.39 is 0 Å². The number of aromatic nitrogens is 2. The summed E-state index contributed by atoms with van der Waals surface area (Å²) in [5, 5.41) is 3.44. The highest BCUT2D eigenvalue weighted by molar-refractivity contribution is 6.30. The summed E-state index contributed by atoms with van der Waals surface area (Å²) < 4.78 is 5.76. The first-order valence-electron chi connectivity index (χ1n) is 7.38. The molecule has 0 aromatic carbocycles. The third-order valence-corrected chi connectivity index (χ3v) is 4.24. The Morgan fingerprint density at radius 1 is 1.24 bits per heavy atom. The second kappa shape index (κ2) is 6.58. The smallest absolute Gasteiger partial charge is 0.316 e. The van der Waals surface area contributed by atoms with Crippen molar-refractivity contribution in [1.29, 1.82) is 0 Å². The summed E-state index contributed by atoms with van der Waals surface area (Å²) in [6, 6.07) is 0.403. The third-order valence-electron chi connectivity index (χ3n) is 4.04. The Hall–Kier alpha value is -1.40. The zero-order valence-corrected chi connectivity index (χ0v) is 12.6. The molecule has 0 saturated carbocycles. The summed E-state index contributed by atoms with van der Waals surface area (Å²) >= 11 is 5.75. The highest BCUT2D eigenvalue weighted by Crippen LogP contribution is 2.21. The van der Waals surface area contributed by atoms with E-state index in [0.717, 1.165) is 45.3 Å². The van der Waals surface area contributed by atoms with Crippen LogP contribution in [0.5, 0.6) is 6.01 Å². The maximum atomic E-state index is 11.9. The number of piperidine rings is 2. The van der Waals surface area contributed by atoms with Gasteiger partial charge >= 0.3 is 6.01 Å². The Morgan fingerprint density at radius 3 is 2.62 bits per heavy atom. The van der Waals surface area contributed by atoms with Gasteiger partial charge in [-0.3, -0.25) is 9.69 Å². The Balaban J connectivity index is 1.50. The van der Waals surface area contributed by atoms with Crippen LogP contribution in [0.15, 0.2) is 12.4 Å². The highest BCUT2D eigenvalue weighted by atomic mass is 35.5. The second-order valence-electron chi connectivity index (χ2n) is 5.49. The molecule has 1 atom stereocenters. The molecule has 1 aromatic rings. The SMILES string of the molecule is O=C1NCCCC1N1CCC(Oc2ncc(Cl)cn2)CC1. The molecule has 1 unspecified atom stereocenters. The molecule has 2 aliphatic heterocycles. The van der Waals surface area contributed by atoms with Crippen molar-refractivity contribution < 1.29 is 9.53 Å². The minimum atomic E-state index is 0.0338. The van der Waals surface area contributed by atoms with Gasteiger partial charge in [0.25, 0.3) is 0 Å². The van der Waals surface area contributed by atoms with Crippen LogP contribution in [0.1, 0.15) is 25.7 Å². The minimum Gasteiger partial charge on any atom is -0.460 e. The monoisotopic (exact) mass is 310 g/mol. The maximum Gasteiger partial charge on any atom is 0.316 e. The largest absolute Gasteiger partial charge is 0.460 e. The molecule has 2 saturated heterocycles. The number of carbonyl (C=O) groups excluding carboxylic acids is 1. The van der Waals surface area contributed by atoms with Crippen molar-refractivity contribution in [3.63, 3.8) is 0 Å². The predicted octanol–water partition coefficient (Wildman–Crippen LogP) is 1.25. The molecule has 1 N–H and O–H groups in total. The molecule has 21 heavy (non-hydrogen) atoms. The number of ether oxygens (including phenoxy) is 1. The van der Waals surface area contributed by atoms with Gasteiger partial charge in [-0.15, -0.1) is 0 Å². The Morgan fingerprint density at radius 2 is 1.95 bits per heavy atom. The molecule has 1 amide bonds. The van der Waals surface area contributed by atoms with E-state index in [1.54, 1.807) is 0 Å². The number of likely N-dealkylation sites (tertiary alicyclic amines) is 1. The normalized spacial score (nSPS) is 24.6. The molecule has 2 fully saturated rings. The molecule has 0 bridgehead atoms. The van der Waals surface area contributed by atoms with Gasteiger partial charge in [0, 0.05) is 19.6 Å². The molecule has 1 aromatic heterocycles. The number of nitrogens with one attached hydrogen (secondary N) is 1. The van der Waals surface area contributed by atoms with E-state index in [9.17, 15) is 4.79 Å². The number of hydrogen-bond donors (Lipinski definition) is 1. The number of amides is 1. The standard InChI is InChI=1S/C14H19ClN4O2/c15-10-8-17-14(18-9-10)21-11-3-6-19(7-4-11)12-2-1-5-16-13(12)20/h8-9,11-12H,1-7H2,(H,16,20). The van der Waals surface area contributed by atoms with E-state index in [4.69, 9.17) is 16.3 Å². The summed E-state index contributed by atoms with van der Waals surface area (Å²) in [5.74, 6) is 0.168. The summed E-state index contributed by atoms with van der Waals surface area (Å²) in [4.78, 5) is 22.2. The molecule has 0 spiro atoms. The Kier molecular flexibility index (Phi) is 4.55. The number of rotatable bonds is 3. The zero-order valence-electron chi connectivity index (χ0n) is 11.8. The van der Waals surface area contributed by atoms with Crippen LogP contribution in [-0.4, -0.2) is 52.6 Å². The maximum absolute atomic E-state index is 11.9. The molecule has 6 nitrogen and oxygen atoms in total. The fraction of sp³-hybridized carbons (Fsp3) is 0.643. The van der Waals surface area contributed by atoms with Crippen molar-refractivity contribution in [3.8, 4) is 6.01 Å². The lowest BCUT2D eigenvalue weighted by atomic mass is 10.00. The average molecular weight is 311 g/mol. The minimum absolute atomic E-state index is 0.0338. The van der Waals surface area contributed by atoms with Crippen molar-refractivity contribution >= 4 is 17.5 Å². The first-order chi connectivity index (χ1) is 10.2. The van der Waals surface area contributed by atoms with Crippen LogP contribution in [0.25, 0.3) is 0 Å². The van der Waals surface area contributed by atoms with Gasteiger partial charge in [-0.1, -0.05) is 11.6 Å². The van der Waals surface area contributed by atoms with Gasteiger partial charge in [-0.05, 0) is 25.7 Å².